The molecule has 1 saturated heterocycles. The highest BCUT2D eigenvalue weighted by Gasteiger charge is 2.70. The SMILES string of the molecule is CC(=O)C[C@@]1(O)C(=O)C=C2C(=O)O[C@H]3[C@H](O)[C@@H](OC(=O)c4cc(O)c(O)c5c4[C@H]2[C@@]1(O)O5)[C@H](OC(=O)c1cc(O)c(O)c(O)c1)O[C@@H]3CO. The topological polar surface area (TPSA) is 314 Å². The molecule has 0 spiro atoms. The fourth-order valence-corrected chi connectivity index (χ4v) is 6.26. The van der Waals surface area contributed by atoms with Gasteiger partial charge in [0.15, 0.2) is 52.3 Å². The minimum atomic E-state index is -3.31. The normalized spacial score (nSPS) is 31.7. The Morgan fingerprint density at radius 3 is 2.12 bits per heavy atom. The van der Waals surface area contributed by atoms with E-state index < -0.39 is 147 Å². The Morgan fingerprint density at radius 2 is 1.51 bits per heavy atom. The van der Waals surface area contributed by atoms with E-state index in [1.807, 2.05) is 0 Å². The first kappa shape index (κ1) is 33.4. The molecule has 9 N–H and O–H groups in total. The fourth-order valence-electron chi connectivity index (χ4n) is 6.26. The Balaban J connectivity index is 1.50. The summed E-state index contributed by atoms with van der Waals surface area (Å²) in [5.74, 6) is -18.2. The second kappa shape index (κ2) is 11.3. The van der Waals surface area contributed by atoms with Crippen molar-refractivity contribution >= 4 is 29.5 Å². The van der Waals surface area contributed by atoms with Crippen LogP contribution in [0, 0.1) is 0 Å². The molecule has 0 amide bonds. The van der Waals surface area contributed by atoms with E-state index in [4.69, 9.17) is 23.7 Å². The minimum Gasteiger partial charge on any atom is -0.504 e. The van der Waals surface area contributed by atoms with Crippen LogP contribution >= 0.6 is 0 Å². The Kier molecular flexibility index (Phi) is 7.72. The summed E-state index contributed by atoms with van der Waals surface area (Å²) in [6.07, 6.45) is -10.8. The third-order valence-electron chi connectivity index (χ3n) is 8.58. The van der Waals surface area contributed by atoms with Crippen molar-refractivity contribution in [3.8, 4) is 34.5 Å². The van der Waals surface area contributed by atoms with Crippen molar-refractivity contribution < 1.29 is 93.6 Å². The van der Waals surface area contributed by atoms with Crippen LogP contribution in [-0.2, 0) is 33.3 Å². The summed E-state index contributed by atoms with van der Waals surface area (Å²) in [6, 6.07) is 1.96. The number of phenols is 5. The third kappa shape index (κ3) is 4.89. The first-order valence-corrected chi connectivity index (χ1v) is 14.2. The number of benzene rings is 2. The number of carbonyl (C=O) groups is 5. The van der Waals surface area contributed by atoms with E-state index in [-0.39, 0.29) is 0 Å². The minimum absolute atomic E-state index is 0.494. The molecular weight excluding hydrogens is 664 g/mol. The fraction of sp³-hybridized carbons (Fsp3) is 0.367. The van der Waals surface area contributed by atoms with Gasteiger partial charge in [-0.25, -0.2) is 14.4 Å². The molecular formula is C30H26O19. The Bertz CT molecular complexity index is 1840. The maximum absolute atomic E-state index is 13.8. The number of aromatic hydroxyl groups is 5. The van der Waals surface area contributed by atoms with Gasteiger partial charge in [0.05, 0.1) is 29.2 Å². The lowest BCUT2D eigenvalue weighted by atomic mass is 9.67. The molecule has 260 valence electrons. The molecule has 4 aliphatic rings. The number of ketones is 2. The Labute approximate surface area is 272 Å². The van der Waals surface area contributed by atoms with Gasteiger partial charge in [0.2, 0.25) is 12.0 Å². The summed E-state index contributed by atoms with van der Waals surface area (Å²) >= 11 is 0. The van der Waals surface area contributed by atoms with Gasteiger partial charge < -0.3 is 69.6 Å². The lowest BCUT2D eigenvalue weighted by Crippen LogP contribution is -2.67. The van der Waals surface area contributed by atoms with Gasteiger partial charge in [0, 0.05) is 12.0 Å². The number of Topliss-reactive ketones (excluding diaryl/α,β-unsaturated/α-hetero) is 1. The predicted octanol–water partition coefficient (Wildman–Crippen LogP) is -2.02. The number of carbonyl (C=O) groups excluding carboxylic acids is 5. The molecule has 8 atom stereocenters. The summed E-state index contributed by atoms with van der Waals surface area (Å²) in [4.78, 5) is 66.0. The molecule has 19 heteroatoms. The van der Waals surface area contributed by atoms with E-state index in [9.17, 15) is 69.9 Å². The van der Waals surface area contributed by atoms with Crippen molar-refractivity contribution in [1.82, 2.24) is 0 Å². The average Bonchev–Trinajstić information content (AvgIpc) is 3.36. The molecule has 0 radical (unpaired) electrons. The number of aliphatic hydroxyl groups is 4. The molecule has 3 aliphatic heterocycles. The lowest BCUT2D eigenvalue weighted by molar-refractivity contribution is -0.287. The number of esters is 3. The van der Waals surface area contributed by atoms with Gasteiger partial charge in [-0.15, -0.1) is 0 Å². The standard InChI is InChI=1S/C30H26O19/c1-8(32)6-29(43)16(36)5-11-18-17-10(4-14(35)20(38)23(17)49-30(18,29)44)26(41)47-24-21(39)22(46-27(11)42)15(7-31)45-28(24)48-25(40)9-2-12(33)19(37)13(34)3-9/h2-5,15,18,21-22,24,28,31,33-35,37-39,43-44H,6-7H2,1H3/t15-,18+,21+,22-,24-,28+,29-,30-/m1/s1. The maximum Gasteiger partial charge on any atom is 0.340 e. The van der Waals surface area contributed by atoms with Crippen molar-refractivity contribution in [2.24, 2.45) is 0 Å². The van der Waals surface area contributed by atoms with Crippen LogP contribution < -0.4 is 4.74 Å². The quantitative estimate of drug-likeness (QED) is 0.0929. The molecule has 1 aliphatic carbocycles. The largest absolute Gasteiger partial charge is 0.504 e. The Hall–Kier alpha value is -5.47. The molecule has 2 bridgehead atoms. The predicted molar refractivity (Wildman–Crippen MR) is 149 cm³/mol. The van der Waals surface area contributed by atoms with Crippen molar-refractivity contribution in [3.63, 3.8) is 0 Å². The molecule has 49 heavy (non-hydrogen) atoms. The zero-order valence-corrected chi connectivity index (χ0v) is 24.8. The van der Waals surface area contributed by atoms with E-state index in [1.165, 1.54) is 0 Å². The van der Waals surface area contributed by atoms with Crippen LogP contribution in [0.5, 0.6) is 34.5 Å². The third-order valence-corrected chi connectivity index (χ3v) is 8.58. The Morgan fingerprint density at radius 1 is 0.898 bits per heavy atom. The second-order valence-corrected chi connectivity index (χ2v) is 11.7. The van der Waals surface area contributed by atoms with Crippen LogP contribution in [0.2, 0.25) is 0 Å². The second-order valence-electron chi connectivity index (χ2n) is 11.7. The summed E-state index contributed by atoms with van der Waals surface area (Å²) in [5, 5.41) is 95.1. The number of fused-ring (bicyclic) bond motifs is 2. The number of phenolic OH excluding ortho intramolecular Hbond substituents is 5. The van der Waals surface area contributed by atoms with Crippen LogP contribution in [0.1, 0.15) is 45.5 Å². The summed E-state index contributed by atoms with van der Waals surface area (Å²) in [6.45, 7) is -0.0930. The smallest absolute Gasteiger partial charge is 0.340 e. The first-order chi connectivity index (χ1) is 22.9. The number of hydrogen-bond acceptors (Lipinski definition) is 19. The van der Waals surface area contributed by atoms with Crippen molar-refractivity contribution in [3.05, 3.63) is 46.5 Å². The van der Waals surface area contributed by atoms with Crippen LogP contribution in [0.15, 0.2) is 29.8 Å². The van der Waals surface area contributed by atoms with E-state index in [2.05, 4.69) is 0 Å². The molecule has 0 saturated carbocycles. The van der Waals surface area contributed by atoms with Crippen molar-refractivity contribution in [2.45, 2.75) is 61.4 Å². The van der Waals surface area contributed by atoms with E-state index in [0.717, 1.165) is 6.92 Å². The van der Waals surface area contributed by atoms with Crippen LogP contribution in [0.4, 0.5) is 0 Å². The monoisotopic (exact) mass is 690 g/mol. The maximum atomic E-state index is 13.8. The molecule has 2 aromatic rings. The molecule has 0 unspecified atom stereocenters. The van der Waals surface area contributed by atoms with Gasteiger partial charge >= 0.3 is 17.9 Å². The summed E-state index contributed by atoms with van der Waals surface area (Å²) in [7, 11) is 0. The van der Waals surface area contributed by atoms with E-state index >= 15 is 0 Å². The van der Waals surface area contributed by atoms with Crippen molar-refractivity contribution in [2.75, 3.05) is 6.61 Å². The molecule has 19 nitrogen and oxygen atoms in total. The molecule has 1 fully saturated rings. The highest BCUT2D eigenvalue weighted by Crippen LogP contribution is 2.60. The number of ether oxygens (including phenoxy) is 5. The molecule has 0 aromatic heterocycles. The van der Waals surface area contributed by atoms with Crippen LogP contribution in [0.3, 0.4) is 0 Å². The highest BCUT2D eigenvalue weighted by atomic mass is 16.7. The molecule has 2 aromatic carbocycles. The lowest BCUT2D eigenvalue weighted by Gasteiger charge is -2.44. The van der Waals surface area contributed by atoms with Gasteiger partial charge in [-0.1, -0.05) is 0 Å². The number of hydrogen-bond donors (Lipinski definition) is 9. The van der Waals surface area contributed by atoms with Gasteiger partial charge in [-0.2, -0.15) is 0 Å². The van der Waals surface area contributed by atoms with Gasteiger partial charge in [-0.05, 0) is 31.2 Å². The molecule has 3 heterocycles. The molecule has 6 rings (SSSR count). The van der Waals surface area contributed by atoms with Crippen LogP contribution in [0.25, 0.3) is 0 Å². The zero-order valence-electron chi connectivity index (χ0n) is 24.8. The van der Waals surface area contributed by atoms with Crippen molar-refractivity contribution in [1.29, 1.82) is 0 Å². The van der Waals surface area contributed by atoms with Gasteiger partial charge in [-0.3, -0.25) is 9.59 Å². The van der Waals surface area contributed by atoms with Crippen LogP contribution in [-0.4, -0.2) is 124 Å². The number of rotatable bonds is 5. The van der Waals surface area contributed by atoms with E-state index in [0.29, 0.717) is 24.3 Å². The zero-order chi connectivity index (χ0) is 35.9. The first-order valence-electron chi connectivity index (χ1n) is 14.2. The summed E-state index contributed by atoms with van der Waals surface area (Å²) < 4.78 is 27.0. The average molecular weight is 691 g/mol. The van der Waals surface area contributed by atoms with Gasteiger partial charge in [0.1, 0.15) is 18.0 Å². The summed E-state index contributed by atoms with van der Waals surface area (Å²) in [5.41, 5.74) is -5.99. The van der Waals surface area contributed by atoms with E-state index in [1.54, 1.807) is 0 Å². The highest BCUT2D eigenvalue weighted by molar-refractivity contribution is 6.10. The number of aliphatic hydroxyl groups excluding tert-OH is 2. The van der Waals surface area contributed by atoms with Gasteiger partial charge in [0.25, 0.3) is 5.79 Å².